The highest BCUT2D eigenvalue weighted by molar-refractivity contribution is 7.90. The van der Waals surface area contributed by atoms with Gasteiger partial charge >= 0.3 is 5.69 Å². The van der Waals surface area contributed by atoms with Crippen molar-refractivity contribution < 1.29 is 12.8 Å². The van der Waals surface area contributed by atoms with E-state index in [1.165, 1.54) is 29.4 Å². The summed E-state index contributed by atoms with van der Waals surface area (Å²) >= 11 is 11.7. The van der Waals surface area contributed by atoms with Gasteiger partial charge in [-0.25, -0.2) is 22.6 Å². The maximum atomic E-state index is 14.0. The molecule has 11 heteroatoms. The molecule has 1 heterocycles. The number of halogens is 3. The number of benzene rings is 1. The van der Waals surface area contributed by atoms with Gasteiger partial charge in [-0.15, -0.1) is 0 Å². The molecule has 1 aromatic heterocycles. The summed E-state index contributed by atoms with van der Waals surface area (Å²) in [6, 6.07) is 4.00. The Morgan fingerprint density at radius 2 is 1.88 bits per heavy atom. The van der Waals surface area contributed by atoms with Crippen LogP contribution in [0.25, 0.3) is 0 Å². The van der Waals surface area contributed by atoms with E-state index < -0.39 is 32.2 Å². The average Bonchev–Trinajstić information content (AvgIpc) is 2.47. The molecule has 2 aromatic rings. The molecule has 2 rings (SSSR count). The third kappa shape index (κ3) is 3.58. The quantitative estimate of drug-likeness (QED) is 0.587. The van der Waals surface area contributed by atoms with Gasteiger partial charge in [0, 0.05) is 14.1 Å². The molecule has 128 valence electrons. The second kappa shape index (κ2) is 6.88. The van der Waals surface area contributed by atoms with E-state index >= 15 is 0 Å². The lowest BCUT2D eigenvalue weighted by Crippen LogP contribution is -2.30. The lowest BCUT2D eigenvalue weighted by atomic mass is 10.4. The van der Waals surface area contributed by atoms with E-state index in [9.17, 15) is 17.6 Å². The normalized spacial score (nSPS) is 11.9. The van der Waals surface area contributed by atoms with Crippen LogP contribution in [-0.2, 0) is 10.0 Å². The lowest BCUT2D eigenvalue weighted by molar-refractivity contribution is 0.571. The van der Waals surface area contributed by atoms with Gasteiger partial charge in [-0.05, 0) is 12.1 Å². The smallest absolute Gasteiger partial charge is 0.363 e. The van der Waals surface area contributed by atoms with E-state index in [4.69, 9.17) is 23.2 Å². The first-order chi connectivity index (χ1) is 11.1. The summed E-state index contributed by atoms with van der Waals surface area (Å²) in [6.45, 7) is 0. The Hall–Kier alpha value is -1.97. The molecule has 0 spiro atoms. The summed E-state index contributed by atoms with van der Waals surface area (Å²) in [6.07, 6.45) is 1.70. The van der Waals surface area contributed by atoms with Crippen LogP contribution in [0, 0.1) is 5.82 Å². The number of rotatable bonds is 4. The zero-order valence-corrected chi connectivity index (χ0v) is 14.8. The molecule has 0 atom stereocenters. The van der Waals surface area contributed by atoms with Crippen LogP contribution in [0.3, 0.4) is 0 Å². The predicted molar refractivity (Wildman–Crippen MR) is 89.3 cm³/mol. The Balaban J connectivity index is 2.65. The Morgan fingerprint density at radius 1 is 1.29 bits per heavy atom. The molecule has 0 fully saturated rings. The standard InChI is InChI=1S/C13H11Cl2FN4O3S/c1-19(2)7-17-12-10(16)6-20(13(21)18-12)24(22,23)11-8(14)4-3-5-9(11)15/h3-7H,1-2H3/b17-7+. The fraction of sp³-hybridized carbons (Fsp3) is 0.154. The van der Waals surface area contributed by atoms with Crippen molar-refractivity contribution in [1.82, 2.24) is 13.9 Å². The monoisotopic (exact) mass is 392 g/mol. The van der Waals surface area contributed by atoms with Crippen molar-refractivity contribution in [3.05, 3.63) is 50.7 Å². The Labute approximate surface area is 147 Å². The first-order valence-electron chi connectivity index (χ1n) is 6.34. The number of hydrogen-bond acceptors (Lipinski definition) is 5. The zero-order valence-electron chi connectivity index (χ0n) is 12.4. The molecule has 0 aliphatic rings. The number of aromatic nitrogens is 2. The molecule has 24 heavy (non-hydrogen) atoms. The van der Waals surface area contributed by atoms with Gasteiger partial charge in [0.15, 0.2) is 11.6 Å². The van der Waals surface area contributed by atoms with E-state index in [1.54, 1.807) is 14.1 Å². The molecule has 0 unspecified atom stereocenters. The number of aliphatic imine (C=N–C) groups is 1. The molecule has 0 amide bonds. The van der Waals surface area contributed by atoms with E-state index in [0.717, 1.165) is 0 Å². The molecule has 0 saturated heterocycles. The second-order valence-corrected chi connectivity index (χ2v) is 7.32. The Morgan fingerprint density at radius 3 is 2.42 bits per heavy atom. The van der Waals surface area contributed by atoms with Crippen LogP contribution in [0.2, 0.25) is 10.0 Å². The van der Waals surface area contributed by atoms with Crippen LogP contribution in [0.5, 0.6) is 0 Å². The highest BCUT2D eigenvalue weighted by atomic mass is 35.5. The minimum Gasteiger partial charge on any atom is -0.369 e. The maximum Gasteiger partial charge on any atom is 0.363 e. The minimum atomic E-state index is -4.53. The van der Waals surface area contributed by atoms with Crippen LogP contribution in [-0.4, -0.2) is 42.7 Å². The summed E-state index contributed by atoms with van der Waals surface area (Å²) in [5, 5.41) is -0.408. The van der Waals surface area contributed by atoms with E-state index in [0.29, 0.717) is 6.20 Å². The summed E-state index contributed by atoms with van der Waals surface area (Å²) < 4.78 is 39.3. The fourth-order valence-corrected chi connectivity index (χ4v) is 3.96. The Bertz CT molecular complexity index is 953. The highest BCUT2D eigenvalue weighted by Crippen LogP contribution is 2.30. The van der Waals surface area contributed by atoms with Crippen LogP contribution in [0.4, 0.5) is 10.2 Å². The topological polar surface area (TPSA) is 84.6 Å². The molecule has 0 aliphatic heterocycles. The van der Waals surface area contributed by atoms with E-state index in [2.05, 4.69) is 9.98 Å². The van der Waals surface area contributed by atoms with Gasteiger partial charge in [-0.1, -0.05) is 29.3 Å². The van der Waals surface area contributed by atoms with Crippen LogP contribution >= 0.6 is 23.2 Å². The molecule has 7 nitrogen and oxygen atoms in total. The largest absolute Gasteiger partial charge is 0.369 e. The first kappa shape index (κ1) is 18.4. The van der Waals surface area contributed by atoms with Crippen LogP contribution in [0.1, 0.15) is 0 Å². The summed E-state index contributed by atoms with van der Waals surface area (Å²) in [5.74, 6) is -1.63. The van der Waals surface area contributed by atoms with Gasteiger partial charge in [0.25, 0.3) is 10.0 Å². The van der Waals surface area contributed by atoms with Crippen molar-refractivity contribution in [1.29, 1.82) is 0 Å². The molecular formula is C13H11Cl2FN4O3S. The molecule has 0 N–H and O–H groups in total. The highest BCUT2D eigenvalue weighted by Gasteiger charge is 2.26. The SMILES string of the molecule is CN(C)/C=N/c1nc(=O)n(S(=O)(=O)c2c(Cl)cccc2Cl)cc1F. The van der Waals surface area contributed by atoms with Gasteiger partial charge < -0.3 is 4.90 Å². The van der Waals surface area contributed by atoms with Gasteiger partial charge in [0.05, 0.1) is 22.6 Å². The van der Waals surface area contributed by atoms with E-state index in [1.807, 2.05) is 0 Å². The van der Waals surface area contributed by atoms with Crippen molar-refractivity contribution in [2.24, 2.45) is 4.99 Å². The van der Waals surface area contributed by atoms with Crippen LogP contribution < -0.4 is 5.69 Å². The zero-order chi connectivity index (χ0) is 18.1. The van der Waals surface area contributed by atoms with Gasteiger partial charge in [-0.2, -0.15) is 8.96 Å². The third-order valence-corrected chi connectivity index (χ3v) is 5.27. The van der Waals surface area contributed by atoms with Crippen molar-refractivity contribution in [2.45, 2.75) is 4.90 Å². The molecule has 0 aliphatic carbocycles. The molecule has 0 bridgehead atoms. The maximum absolute atomic E-state index is 14.0. The predicted octanol–water partition coefficient (Wildman–Crippen LogP) is 2.15. The van der Waals surface area contributed by atoms with Crippen molar-refractivity contribution in [2.75, 3.05) is 14.1 Å². The second-order valence-electron chi connectivity index (χ2n) is 4.75. The summed E-state index contributed by atoms with van der Waals surface area (Å²) in [7, 11) is -1.26. The fourth-order valence-electron chi connectivity index (χ4n) is 1.67. The lowest BCUT2D eigenvalue weighted by Gasteiger charge is -2.10. The van der Waals surface area contributed by atoms with Gasteiger partial charge in [-0.3, -0.25) is 0 Å². The third-order valence-electron chi connectivity index (χ3n) is 2.68. The average molecular weight is 393 g/mol. The van der Waals surface area contributed by atoms with Gasteiger partial charge in [0.2, 0.25) is 0 Å². The minimum absolute atomic E-state index is 0.129. The molecule has 0 saturated carbocycles. The molecule has 1 aromatic carbocycles. The molecule has 0 radical (unpaired) electrons. The first-order valence-corrected chi connectivity index (χ1v) is 8.53. The summed E-state index contributed by atoms with van der Waals surface area (Å²) in [5.41, 5.74) is -1.24. The number of nitrogens with zero attached hydrogens (tertiary/aromatic N) is 4. The van der Waals surface area contributed by atoms with Crippen molar-refractivity contribution in [3.63, 3.8) is 0 Å². The summed E-state index contributed by atoms with van der Waals surface area (Å²) in [4.78, 5) is 20.0. The van der Waals surface area contributed by atoms with E-state index in [-0.39, 0.29) is 14.0 Å². The van der Waals surface area contributed by atoms with Crippen molar-refractivity contribution in [3.8, 4) is 0 Å². The Kier molecular flexibility index (Phi) is 5.26. The van der Waals surface area contributed by atoms with Crippen molar-refractivity contribution >= 4 is 45.4 Å². The molecular weight excluding hydrogens is 382 g/mol. The van der Waals surface area contributed by atoms with Gasteiger partial charge in [0.1, 0.15) is 4.90 Å². The van der Waals surface area contributed by atoms with Crippen LogP contribution in [0.15, 0.2) is 39.1 Å². The number of hydrogen-bond donors (Lipinski definition) is 0.